The number of alkyl halides is 3. The number of halogens is 5. The van der Waals surface area contributed by atoms with E-state index in [2.05, 4.69) is 20.9 Å². The van der Waals surface area contributed by atoms with Crippen LogP contribution in [0.4, 0.5) is 17.6 Å². The van der Waals surface area contributed by atoms with Crippen LogP contribution in [0.15, 0.2) is 38.6 Å². The Hall–Kier alpha value is -0.680. The third-order valence-electron chi connectivity index (χ3n) is 2.37. The fourth-order valence-corrected chi connectivity index (χ4v) is 4.17. The number of nitrogens with one attached hydrogen (secondary N) is 1. The van der Waals surface area contributed by atoms with Crippen LogP contribution in [-0.2, 0) is 11.4 Å². The first-order chi connectivity index (χ1) is 9.77. The van der Waals surface area contributed by atoms with Gasteiger partial charge in [-0.3, -0.25) is 0 Å². The third-order valence-corrected chi connectivity index (χ3v) is 5.22. The molecule has 2 unspecified atom stereocenters. The maximum absolute atomic E-state index is 13.1. The molecule has 3 nitrogen and oxygen atoms in total. The molecule has 0 saturated carbocycles. The number of nitrogens with zero attached hydrogens (tertiary/aromatic N) is 1. The van der Waals surface area contributed by atoms with Crippen molar-refractivity contribution in [2.75, 3.05) is 0 Å². The Labute approximate surface area is 132 Å². The van der Waals surface area contributed by atoms with Crippen molar-refractivity contribution in [2.45, 2.75) is 16.6 Å². The number of thiazole rings is 1. The summed E-state index contributed by atoms with van der Waals surface area (Å²) >= 11 is 1.92. The molecule has 0 aliphatic heterocycles. The molecule has 1 aromatic heterocycles. The second-order valence-corrected chi connectivity index (χ2v) is 7.67. The molecule has 0 amide bonds. The average Bonchev–Trinajstić information content (AvgIpc) is 2.82. The molecule has 0 spiro atoms. The van der Waals surface area contributed by atoms with E-state index in [0.717, 1.165) is 35.6 Å². The molecule has 2 rings (SSSR count). The highest BCUT2D eigenvalue weighted by Gasteiger charge is 2.44. The standard InChI is InChI=1S/C11H7BrF4N2OS2/c12-8-5-17-10(20-8)21(19)18-9(11(14,15)16)6-1-3-7(13)4-2-6/h1-5,9,18H. The topological polar surface area (TPSA) is 48.0 Å². The summed E-state index contributed by atoms with van der Waals surface area (Å²) in [4.78, 5) is 3.74. The molecule has 2 atom stereocenters. The molecule has 0 aliphatic carbocycles. The van der Waals surface area contributed by atoms with Crippen molar-refractivity contribution in [3.05, 3.63) is 45.6 Å². The monoisotopic (exact) mass is 402 g/mol. The first-order valence-corrected chi connectivity index (χ1v) is 8.15. The van der Waals surface area contributed by atoms with Gasteiger partial charge in [-0.1, -0.05) is 23.5 Å². The molecular weight excluding hydrogens is 396 g/mol. The zero-order valence-electron chi connectivity index (χ0n) is 10.0. The van der Waals surface area contributed by atoms with Crippen LogP contribution in [0.3, 0.4) is 0 Å². The van der Waals surface area contributed by atoms with Gasteiger partial charge in [0, 0.05) is 0 Å². The molecule has 0 radical (unpaired) electrons. The highest BCUT2D eigenvalue weighted by molar-refractivity contribution is 9.11. The molecule has 114 valence electrons. The van der Waals surface area contributed by atoms with Crippen LogP contribution in [-0.4, -0.2) is 15.7 Å². The molecule has 1 aromatic carbocycles. The zero-order chi connectivity index (χ0) is 15.6. The van der Waals surface area contributed by atoms with Crippen molar-refractivity contribution in [3.63, 3.8) is 0 Å². The van der Waals surface area contributed by atoms with Gasteiger partial charge >= 0.3 is 10.5 Å². The van der Waals surface area contributed by atoms with E-state index >= 15 is 0 Å². The van der Waals surface area contributed by atoms with E-state index in [1.165, 1.54) is 6.20 Å². The number of hydrogen-bond acceptors (Lipinski definition) is 4. The summed E-state index contributed by atoms with van der Waals surface area (Å²) < 4.78 is 66.5. The Bertz CT molecular complexity index is 605. The van der Waals surface area contributed by atoms with Crippen molar-refractivity contribution in [2.24, 2.45) is 0 Å². The summed E-state index contributed by atoms with van der Waals surface area (Å²) in [5.74, 6) is -0.648. The number of aromatic nitrogens is 1. The molecule has 1 N–H and O–H groups in total. The second kappa shape index (κ2) is 6.61. The predicted molar refractivity (Wildman–Crippen MR) is 74.6 cm³/mol. The molecule has 0 aliphatic rings. The van der Waals surface area contributed by atoms with Gasteiger partial charge in [-0.25, -0.2) is 4.39 Å². The molecule has 0 saturated heterocycles. The highest BCUT2D eigenvalue weighted by atomic mass is 79.9. The van der Waals surface area contributed by atoms with Crippen LogP contribution < -0.4 is 4.72 Å². The van der Waals surface area contributed by atoms with E-state index in [1.54, 1.807) is 0 Å². The predicted octanol–water partition coefficient (Wildman–Crippen LogP) is 3.96. The van der Waals surface area contributed by atoms with Gasteiger partial charge in [0.2, 0.25) is 0 Å². The molecule has 2 aromatic rings. The zero-order valence-corrected chi connectivity index (χ0v) is 13.2. The molecule has 1 heterocycles. The second-order valence-electron chi connectivity index (χ2n) is 3.84. The summed E-state index contributed by atoms with van der Waals surface area (Å²) in [5, 5.41) is 0. The molecule has 21 heavy (non-hydrogen) atoms. The average molecular weight is 403 g/mol. The first-order valence-electron chi connectivity index (χ1n) is 5.39. The minimum absolute atomic E-state index is 0.0123. The largest absolute Gasteiger partial charge is 0.591 e. The quantitative estimate of drug-likeness (QED) is 0.621. The van der Waals surface area contributed by atoms with E-state index < -0.39 is 29.4 Å². The molecule has 10 heteroatoms. The van der Waals surface area contributed by atoms with Crippen molar-refractivity contribution >= 4 is 38.6 Å². The van der Waals surface area contributed by atoms with Gasteiger partial charge in [0.25, 0.3) is 0 Å². The van der Waals surface area contributed by atoms with Crippen molar-refractivity contribution in [1.29, 1.82) is 0 Å². The molecule has 0 fully saturated rings. The van der Waals surface area contributed by atoms with E-state index in [4.69, 9.17) is 0 Å². The maximum Gasteiger partial charge on any atom is 0.412 e. The smallest absolute Gasteiger partial charge is 0.412 e. The van der Waals surface area contributed by atoms with Gasteiger partial charge in [0.15, 0.2) is 6.04 Å². The maximum atomic E-state index is 13.1. The summed E-state index contributed by atoms with van der Waals surface area (Å²) in [6, 6.07) is 1.64. The van der Waals surface area contributed by atoms with Crippen LogP contribution >= 0.6 is 27.3 Å². The number of hydrogen-bond donors (Lipinski definition) is 1. The van der Waals surface area contributed by atoms with Crippen LogP contribution in [0.5, 0.6) is 0 Å². The summed E-state index contributed by atoms with van der Waals surface area (Å²) in [5.41, 5.74) is -0.229. The lowest BCUT2D eigenvalue weighted by Gasteiger charge is -2.21. The SMILES string of the molecule is [O-][S+](NC(c1ccc(F)cc1)C(F)(F)F)c1ncc(Br)s1. The van der Waals surface area contributed by atoms with E-state index in [1.807, 2.05) is 4.72 Å². The van der Waals surface area contributed by atoms with Gasteiger partial charge in [-0.15, -0.1) is 4.72 Å². The first kappa shape index (κ1) is 16.7. The van der Waals surface area contributed by atoms with Crippen LogP contribution in [0.2, 0.25) is 0 Å². The highest BCUT2D eigenvalue weighted by Crippen LogP contribution is 2.34. The van der Waals surface area contributed by atoms with Crippen LogP contribution in [0.1, 0.15) is 11.6 Å². The summed E-state index contributed by atoms with van der Waals surface area (Å²) in [6.45, 7) is 0. The summed E-state index contributed by atoms with van der Waals surface area (Å²) in [7, 11) is 0. The Balaban J connectivity index is 2.23. The Morgan fingerprint density at radius 2 is 1.90 bits per heavy atom. The number of rotatable bonds is 4. The normalized spacial score (nSPS) is 15.0. The summed E-state index contributed by atoms with van der Waals surface area (Å²) in [6.07, 6.45) is -3.33. The lowest BCUT2D eigenvalue weighted by atomic mass is 10.1. The lowest BCUT2D eigenvalue weighted by Crippen LogP contribution is -2.38. The van der Waals surface area contributed by atoms with Gasteiger partial charge in [-0.2, -0.15) is 18.2 Å². The Morgan fingerprint density at radius 1 is 1.29 bits per heavy atom. The van der Waals surface area contributed by atoms with E-state index in [9.17, 15) is 22.1 Å². The Morgan fingerprint density at radius 3 is 2.38 bits per heavy atom. The van der Waals surface area contributed by atoms with Crippen LogP contribution in [0.25, 0.3) is 0 Å². The van der Waals surface area contributed by atoms with Crippen LogP contribution in [0, 0.1) is 5.82 Å². The van der Waals surface area contributed by atoms with Crippen molar-refractivity contribution in [1.82, 2.24) is 9.71 Å². The van der Waals surface area contributed by atoms with Gasteiger partial charge < -0.3 is 4.55 Å². The fraction of sp³-hybridized carbons (Fsp3) is 0.182. The molecule has 0 bridgehead atoms. The lowest BCUT2D eigenvalue weighted by molar-refractivity contribution is -0.153. The van der Waals surface area contributed by atoms with Crippen molar-refractivity contribution < 1.29 is 22.1 Å². The minimum atomic E-state index is -4.68. The third kappa shape index (κ3) is 4.39. The molecular formula is C11H7BrF4N2OS2. The van der Waals surface area contributed by atoms with E-state index in [-0.39, 0.29) is 9.90 Å². The van der Waals surface area contributed by atoms with E-state index in [0.29, 0.717) is 3.79 Å². The minimum Gasteiger partial charge on any atom is -0.591 e. The van der Waals surface area contributed by atoms with Gasteiger partial charge in [-0.05, 0) is 33.6 Å². The van der Waals surface area contributed by atoms with Gasteiger partial charge in [0.1, 0.15) is 17.2 Å². The fourth-order valence-electron chi connectivity index (χ4n) is 1.46. The van der Waals surface area contributed by atoms with Crippen molar-refractivity contribution in [3.8, 4) is 0 Å². The van der Waals surface area contributed by atoms with Gasteiger partial charge in [0.05, 0.1) is 9.98 Å². The Kier molecular flexibility index (Phi) is 5.25. The number of benzene rings is 1.